The summed E-state index contributed by atoms with van der Waals surface area (Å²) in [6.45, 7) is 0. The third-order valence-corrected chi connectivity index (χ3v) is 4.40. The lowest BCUT2D eigenvalue weighted by Crippen LogP contribution is -2.07. The van der Waals surface area contributed by atoms with Gasteiger partial charge >= 0.3 is 0 Å². The van der Waals surface area contributed by atoms with Crippen LogP contribution in [0.3, 0.4) is 0 Å². The molecule has 128 valence electrons. The first-order valence-corrected chi connectivity index (χ1v) is 8.30. The Bertz CT molecular complexity index is 793. The van der Waals surface area contributed by atoms with E-state index in [4.69, 9.17) is 4.74 Å². The van der Waals surface area contributed by atoms with Crippen molar-refractivity contribution in [3.8, 4) is 11.5 Å². The fraction of sp³-hybridized carbons (Fsp3) is 0.182. The van der Waals surface area contributed by atoms with Crippen LogP contribution < -0.4 is 4.74 Å². The number of ether oxygens (including phenoxy) is 1. The molecule has 1 atom stereocenters. The molecule has 3 aromatic rings. The number of hydrogen-bond acceptors (Lipinski definition) is 2. The lowest BCUT2D eigenvalue weighted by atomic mass is 9.86. The Kier molecular flexibility index (Phi) is 5.34. The second-order valence-electron chi connectivity index (χ2n) is 6.17. The van der Waals surface area contributed by atoms with Crippen molar-refractivity contribution in [2.45, 2.75) is 18.8 Å². The molecule has 25 heavy (non-hydrogen) atoms. The van der Waals surface area contributed by atoms with Crippen LogP contribution in [0.4, 0.5) is 4.39 Å². The number of hydrogen-bond donors (Lipinski definition) is 1. The Balaban J connectivity index is 1.84. The number of phenols is 1. The summed E-state index contributed by atoms with van der Waals surface area (Å²) in [6, 6.07) is 22.0. The van der Waals surface area contributed by atoms with Crippen molar-refractivity contribution >= 4 is 0 Å². The number of rotatable bonds is 6. The van der Waals surface area contributed by atoms with E-state index in [-0.39, 0.29) is 17.5 Å². The molecule has 0 aliphatic rings. The molecular formula is C22H21FO2. The molecule has 0 saturated carbocycles. The van der Waals surface area contributed by atoms with E-state index in [1.54, 1.807) is 19.2 Å². The molecule has 0 heterocycles. The molecule has 0 saturated heterocycles. The van der Waals surface area contributed by atoms with Crippen molar-refractivity contribution < 1.29 is 14.2 Å². The number of phenolic OH excluding ortho intramolecular Hbond substituents is 1. The van der Waals surface area contributed by atoms with E-state index >= 15 is 0 Å². The van der Waals surface area contributed by atoms with E-state index in [0.29, 0.717) is 0 Å². The largest absolute Gasteiger partial charge is 0.508 e. The zero-order chi connectivity index (χ0) is 17.6. The molecule has 0 fully saturated rings. The molecule has 1 N–H and O–H groups in total. The number of methoxy groups -OCH3 is 1. The van der Waals surface area contributed by atoms with Crippen molar-refractivity contribution in [1.29, 1.82) is 0 Å². The lowest BCUT2D eigenvalue weighted by Gasteiger charge is -2.18. The van der Waals surface area contributed by atoms with E-state index in [9.17, 15) is 9.50 Å². The van der Waals surface area contributed by atoms with Crippen LogP contribution in [-0.4, -0.2) is 12.2 Å². The van der Waals surface area contributed by atoms with Crippen LogP contribution in [0.2, 0.25) is 0 Å². The summed E-state index contributed by atoms with van der Waals surface area (Å²) in [5, 5.41) is 9.47. The predicted molar refractivity (Wildman–Crippen MR) is 97.6 cm³/mol. The third kappa shape index (κ3) is 4.60. The van der Waals surface area contributed by atoms with Gasteiger partial charge in [0.05, 0.1) is 7.11 Å². The standard InChI is InChI=1S/C22H21FO2/c1-25-22-12-4-17(5-13-22)15-19(18-6-8-20(23)9-7-18)14-16-2-10-21(24)11-3-16/h2-13,19,24H,14-15H2,1H3. The van der Waals surface area contributed by atoms with Crippen LogP contribution in [0, 0.1) is 5.82 Å². The van der Waals surface area contributed by atoms with Crippen LogP contribution in [0.1, 0.15) is 22.6 Å². The molecule has 1 unspecified atom stereocenters. The molecule has 0 aliphatic carbocycles. The summed E-state index contributed by atoms with van der Waals surface area (Å²) < 4.78 is 18.5. The van der Waals surface area contributed by atoms with E-state index < -0.39 is 0 Å². The summed E-state index contributed by atoms with van der Waals surface area (Å²) in [5.41, 5.74) is 3.44. The van der Waals surface area contributed by atoms with Crippen molar-refractivity contribution in [2.75, 3.05) is 7.11 Å². The normalized spacial score (nSPS) is 11.9. The molecule has 0 amide bonds. The zero-order valence-corrected chi connectivity index (χ0v) is 14.2. The summed E-state index contributed by atoms with van der Waals surface area (Å²) >= 11 is 0. The first-order chi connectivity index (χ1) is 12.1. The maximum atomic E-state index is 13.3. The highest BCUT2D eigenvalue weighted by atomic mass is 19.1. The first kappa shape index (κ1) is 17.0. The number of halogens is 1. The lowest BCUT2D eigenvalue weighted by molar-refractivity contribution is 0.414. The van der Waals surface area contributed by atoms with Gasteiger partial charge in [0.25, 0.3) is 0 Å². The predicted octanol–water partition coefficient (Wildman–Crippen LogP) is 5.11. The molecular weight excluding hydrogens is 315 g/mol. The first-order valence-electron chi connectivity index (χ1n) is 8.30. The Morgan fingerprint density at radius 2 is 1.32 bits per heavy atom. The number of aromatic hydroxyl groups is 1. The fourth-order valence-corrected chi connectivity index (χ4v) is 3.01. The Hall–Kier alpha value is -2.81. The SMILES string of the molecule is COc1ccc(CC(Cc2ccc(O)cc2)c2ccc(F)cc2)cc1. The Morgan fingerprint density at radius 3 is 1.84 bits per heavy atom. The topological polar surface area (TPSA) is 29.5 Å². The van der Waals surface area contributed by atoms with Gasteiger partial charge in [0, 0.05) is 0 Å². The van der Waals surface area contributed by atoms with Gasteiger partial charge in [-0.25, -0.2) is 4.39 Å². The van der Waals surface area contributed by atoms with E-state index in [0.717, 1.165) is 29.7 Å². The summed E-state index contributed by atoms with van der Waals surface area (Å²) in [6.07, 6.45) is 1.66. The van der Waals surface area contributed by atoms with Gasteiger partial charge in [0.15, 0.2) is 0 Å². The molecule has 0 aliphatic heterocycles. The Morgan fingerprint density at radius 1 is 0.800 bits per heavy atom. The van der Waals surface area contributed by atoms with Gasteiger partial charge in [-0.2, -0.15) is 0 Å². The van der Waals surface area contributed by atoms with Crippen LogP contribution in [0.5, 0.6) is 11.5 Å². The zero-order valence-electron chi connectivity index (χ0n) is 14.2. The van der Waals surface area contributed by atoms with Crippen LogP contribution >= 0.6 is 0 Å². The summed E-state index contributed by atoms with van der Waals surface area (Å²) in [4.78, 5) is 0. The van der Waals surface area contributed by atoms with Gasteiger partial charge in [-0.1, -0.05) is 36.4 Å². The van der Waals surface area contributed by atoms with Gasteiger partial charge < -0.3 is 9.84 Å². The van der Waals surface area contributed by atoms with Gasteiger partial charge in [-0.3, -0.25) is 0 Å². The highest BCUT2D eigenvalue weighted by Crippen LogP contribution is 2.27. The Labute approximate surface area is 147 Å². The van der Waals surface area contributed by atoms with Crippen molar-refractivity contribution in [3.63, 3.8) is 0 Å². The van der Waals surface area contributed by atoms with E-state index in [1.807, 2.05) is 36.4 Å². The van der Waals surface area contributed by atoms with Gasteiger partial charge in [0.1, 0.15) is 17.3 Å². The number of benzene rings is 3. The van der Waals surface area contributed by atoms with Crippen LogP contribution in [0.15, 0.2) is 72.8 Å². The minimum absolute atomic E-state index is 0.221. The highest BCUT2D eigenvalue weighted by molar-refractivity contribution is 5.32. The summed E-state index contributed by atoms with van der Waals surface area (Å²) in [7, 11) is 1.65. The quantitative estimate of drug-likeness (QED) is 0.678. The minimum Gasteiger partial charge on any atom is -0.508 e. The van der Waals surface area contributed by atoms with Crippen LogP contribution in [0.25, 0.3) is 0 Å². The van der Waals surface area contributed by atoms with Gasteiger partial charge in [0.2, 0.25) is 0 Å². The molecule has 0 spiro atoms. The third-order valence-electron chi connectivity index (χ3n) is 4.40. The minimum atomic E-state index is -0.225. The summed E-state index contributed by atoms with van der Waals surface area (Å²) in [5.74, 6) is 1.09. The second kappa shape index (κ2) is 7.84. The average molecular weight is 336 g/mol. The van der Waals surface area contributed by atoms with E-state index in [1.165, 1.54) is 17.7 Å². The average Bonchev–Trinajstić information content (AvgIpc) is 2.64. The molecule has 3 aromatic carbocycles. The fourth-order valence-electron chi connectivity index (χ4n) is 3.01. The maximum Gasteiger partial charge on any atom is 0.123 e. The van der Waals surface area contributed by atoms with Gasteiger partial charge in [-0.05, 0) is 71.8 Å². The molecule has 3 heteroatoms. The smallest absolute Gasteiger partial charge is 0.123 e. The molecule has 3 rings (SSSR count). The maximum absolute atomic E-state index is 13.3. The van der Waals surface area contributed by atoms with Gasteiger partial charge in [-0.15, -0.1) is 0 Å². The van der Waals surface area contributed by atoms with Crippen molar-refractivity contribution in [3.05, 3.63) is 95.3 Å². The molecule has 2 nitrogen and oxygen atoms in total. The second-order valence-corrected chi connectivity index (χ2v) is 6.17. The van der Waals surface area contributed by atoms with Crippen LogP contribution in [-0.2, 0) is 12.8 Å². The van der Waals surface area contributed by atoms with E-state index in [2.05, 4.69) is 12.1 Å². The molecule has 0 radical (unpaired) electrons. The monoisotopic (exact) mass is 336 g/mol. The molecule has 0 aromatic heterocycles. The highest BCUT2D eigenvalue weighted by Gasteiger charge is 2.14. The molecule has 0 bridgehead atoms. The van der Waals surface area contributed by atoms with Crippen molar-refractivity contribution in [2.24, 2.45) is 0 Å². The van der Waals surface area contributed by atoms with Crippen molar-refractivity contribution in [1.82, 2.24) is 0 Å².